The van der Waals surface area contributed by atoms with Gasteiger partial charge in [0.25, 0.3) is 6.20 Å². The van der Waals surface area contributed by atoms with E-state index in [1.807, 2.05) is 48.5 Å². The summed E-state index contributed by atoms with van der Waals surface area (Å²) in [6, 6.07) is 15.4. The van der Waals surface area contributed by atoms with Crippen LogP contribution in [0.3, 0.4) is 0 Å². The molecule has 0 fully saturated rings. The molecular formula is C32H39N3O8. The second kappa shape index (κ2) is 14.4. The molecule has 11 heteroatoms. The van der Waals surface area contributed by atoms with Gasteiger partial charge < -0.3 is 38.6 Å². The fraction of sp³-hybridized carbons (Fsp3) is 0.375. The summed E-state index contributed by atoms with van der Waals surface area (Å²) in [6.07, 6.45) is 2.91. The van der Waals surface area contributed by atoms with Crippen LogP contribution in [0, 0.1) is 10.1 Å². The molecule has 0 aliphatic carbocycles. The summed E-state index contributed by atoms with van der Waals surface area (Å²) >= 11 is 0. The first-order chi connectivity index (χ1) is 20.8. The third-order valence-electron chi connectivity index (χ3n) is 7.57. The second-order valence-corrected chi connectivity index (χ2v) is 10.0. The van der Waals surface area contributed by atoms with Gasteiger partial charge in [-0.15, -0.1) is 0 Å². The Labute approximate surface area is 252 Å². The van der Waals surface area contributed by atoms with Gasteiger partial charge in [0.2, 0.25) is 0 Å². The van der Waals surface area contributed by atoms with Gasteiger partial charge in [-0.3, -0.25) is 10.1 Å². The number of ether oxygens (including phenoxy) is 6. The minimum Gasteiger partial charge on any atom is -0.493 e. The maximum Gasteiger partial charge on any atom is 0.274 e. The molecule has 0 radical (unpaired) electrons. The number of hydrogen-bond donors (Lipinski definition) is 1. The molecular weight excluding hydrogens is 554 g/mol. The van der Waals surface area contributed by atoms with Gasteiger partial charge in [0, 0.05) is 19.1 Å². The first-order valence-corrected chi connectivity index (χ1v) is 13.8. The molecule has 3 aromatic carbocycles. The summed E-state index contributed by atoms with van der Waals surface area (Å²) in [6.45, 7) is 0.907. The SMILES string of the molecule is COc1ccc(CCN/C(=C/[N+](=O)[O-])N2Cc3cc(OC)c(OC)cc3CC2Cc2ccc(OC)c(OC)c2)cc1OC. The number of hydrogen-bond acceptors (Lipinski definition) is 10. The van der Waals surface area contributed by atoms with Crippen LogP contribution in [0.25, 0.3) is 0 Å². The van der Waals surface area contributed by atoms with Gasteiger partial charge in [-0.1, -0.05) is 12.1 Å². The average Bonchev–Trinajstić information content (AvgIpc) is 3.02. The van der Waals surface area contributed by atoms with Crippen LogP contribution in [0.2, 0.25) is 0 Å². The van der Waals surface area contributed by atoms with Gasteiger partial charge in [-0.05, 0) is 77.9 Å². The number of nitrogens with zero attached hydrogens (tertiary/aromatic N) is 2. The Morgan fingerprint density at radius 3 is 1.86 bits per heavy atom. The number of nitro groups is 1. The Kier molecular flexibility index (Phi) is 10.4. The van der Waals surface area contributed by atoms with Crippen molar-refractivity contribution in [3.8, 4) is 34.5 Å². The van der Waals surface area contributed by atoms with E-state index in [9.17, 15) is 10.1 Å². The van der Waals surface area contributed by atoms with Crippen LogP contribution >= 0.6 is 0 Å². The summed E-state index contributed by atoms with van der Waals surface area (Å²) in [4.78, 5) is 13.5. The normalized spacial score (nSPS) is 14.4. The lowest BCUT2D eigenvalue weighted by molar-refractivity contribution is -0.405. The fourth-order valence-corrected chi connectivity index (χ4v) is 5.41. The van der Waals surface area contributed by atoms with Crippen molar-refractivity contribution >= 4 is 0 Å². The van der Waals surface area contributed by atoms with Gasteiger partial charge in [0.15, 0.2) is 40.3 Å². The highest BCUT2D eigenvalue weighted by Gasteiger charge is 2.31. The standard InChI is InChI=1S/C32H39N3O8/c1-38-26-9-7-21(14-28(26)40-3)11-12-33-32(20-35(36)37)34-19-24-18-31(43-6)30(42-5)17-23(24)16-25(34)13-22-8-10-27(39-2)29(15-22)41-4/h7-10,14-15,17-18,20,25,33H,11-13,16,19H2,1-6H3/b32-20-. The molecule has 1 aliphatic rings. The van der Waals surface area contributed by atoms with Crippen LogP contribution in [-0.2, 0) is 25.8 Å². The molecule has 0 saturated heterocycles. The lowest BCUT2D eigenvalue weighted by Crippen LogP contribution is -2.45. The topological polar surface area (TPSA) is 114 Å². The second-order valence-electron chi connectivity index (χ2n) is 10.0. The van der Waals surface area contributed by atoms with E-state index in [0.29, 0.717) is 72.7 Å². The van der Waals surface area contributed by atoms with Crippen molar-refractivity contribution in [2.24, 2.45) is 0 Å². The molecule has 11 nitrogen and oxygen atoms in total. The highest BCUT2D eigenvalue weighted by atomic mass is 16.6. The summed E-state index contributed by atoms with van der Waals surface area (Å²) in [5.41, 5.74) is 4.14. The largest absolute Gasteiger partial charge is 0.493 e. The summed E-state index contributed by atoms with van der Waals surface area (Å²) < 4.78 is 32.8. The van der Waals surface area contributed by atoms with Crippen molar-refractivity contribution < 1.29 is 33.3 Å². The molecule has 0 saturated carbocycles. The molecule has 4 rings (SSSR count). The first kappa shape index (κ1) is 31.1. The van der Waals surface area contributed by atoms with E-state index in [-0.39, 0.29) is 6.04 Å². The monoisotopic (exact) mass is 593 g/mol. The van der Waals surface area contributed by atoms with Gasteiger partial charge in [0.05, 0.1) is 47.6 Å². The Bertz CT molecular complexity index is 1460. The zero-order valence-electron chi connectivity index (χ0n) is 25.5. The van der Waals surface area contributed by atoms with Gasteiger partial charge in [-0.2, -0.15) is 0 Å². The van der Waals surface area contributed by atoms with E-state index in [4.69, 9.17) is 28.4 Å². The van der Waals surface area contributed by atoms with Crippen molar-refractivity contribution in [3.05, 3.63) is 92.9 Å². The minimum atomic E-state index is -0.420. The number of fused-ring (bicyclic) bond motifs is 1. The lowest BCUT2D eigenvalue weighted by atomic mass is 9.89. The van der Waals surface area contributed by atoms with E-state index in [0.717, 1.165) is 28.5 Å². The molecule has 3 aromatic rings. The van der Waals surface area contributed by atoms with Gasteiger partial charge >= 0.3 is 0 Å². The van der Waals surface area contributed by atoms with E-state index < -0.39 is 4.92 Å². The molecule has 0 spiro atoms. The van der Waals surface area contributed by atoms with Gasteiger partial charge in [-0.25, -0.2) is 0 Å². The van der Waals surface area contributed by atoms with Crippen LogP contribution in [0.4, 0.5) is 0 Å². The summed E-state index contributed by atoms with van der Waals surface area (Å²) in [7, 11) is 9.59. The highest BCUT2D eigenvalue weighted by molar-refractivity contribution is 5.49. The molecule has 0 amide bonds. The Morgan fingerprint density at radius 2 is 1.30 bits per heavy atom. The van der Waals surface area contributed by atoms with Crippen molar-refractivity contribution in [2.45, 2.75) is 31.8 Å². The predicted molar refractivity (Wildman–Crippen MR) is 162 cm³/mol. The van der Waals surface area contributed by atoms with Crippen LogP contribution < -0.4 is 33.7 Å². The highest BCUT2D eigenvalue weighted by Crippen LogP contribution is 2.37. The molecule has 1 N–H and O–H groups in total. The van der Waals surface area contributed by atoms with Crippen LogP contribution in [0.15, 0.2) is 60.6 Å². The quantitative estimate of drug-likeness (QED) is 0.210. The van der Waals surface area contributed by atoms with Crippen molar-refractivity contribution in [3.63, 3.8) is 0 Å². The number of methoxy groups -OCH3 is 6. The van der Waals surface area contributed by atoms with Crippen molar-refractivity contribution in [1.82, 2.24) is 10.2 Å². The van der Waals surface area contributed by atoms with Gasteiger partial charge in [0.1, 0.15) is 0 Å². The molecule has 1 unspecified atom stereocenters. The molecule has 230 valence electrons. The smallest absolute Gasteiger partial charge is 0.274 e. The van der Waals surface area contributed by atoms with Crippen LogP contribution in [-0.4, -0.2) is 65.1 Å². The minimum absolute atomic E-state index is 0.108. The first-order valence-electron chi connectivity index (χ1n) is 13.8. The van der Waals surface area contributed by atoms with Crippen molar-refractivity contribution in [2.75, 3.05) is 49.2 Å². The van der Waals surface area contributed by atoms with Crippen LogP contribution in [0.1, 0.15) is 22.3 Å². The lowest BCUT2D eigenvalue weighted by Gasteiger charge is -2.39. The molecule has 43 heavy (non-hydrogen) atoms. The maximum atomic E-state index is 11.9. The van der Waals surface area contributed by atoms with E-state index in [2.05, 4.69) is 10.2 Å². The third-order valence-corrected chi connectivity index (χ3v) is 7.57. The Morgan fingerprint density at radius 1 is 0.791 bits per heavy atom. The van der Waals surface area contributed by atoms with E-state index in [1.54, 1.807) is 42.7 Å². The number of rotatable bonds is 14. The Balaban J connectivity index is 1.65. The number of benzene rings is 3. The molecule has 1 atom stereocenters. The zero-order valence-corrected chi connectivity index (χ0v) is 25.5. The maximum absolute atomic E-state index is 11.9. The van der Waals surface area contributed by atoms with Crippen LogP contribution in [0.5, 0.6) is 34.5 Å². The van der Waals surface area contributed by atoms with Crippen molar-refractivity contribution in [1.29, 1.82) is 0 Å². The number of nitrogens with one attached hydrogen (secondary N) is 1. The summed E-state index contributed by atoms with van der Waals surface area (Å²) in [5, 5.41) is 15.2. The zero-order chi connectivity index (χ0) is 30.9. The molecule has 0 aromatic heterocycles. The van der Waals surface area contributed by atoms with E-state index >= 15 is 0 Å². The fourth-order valence-electron chi connectivity index (χ4n) is 5.41. The molecule has 1 heterocycles. The summed E-state index contributed by atoms with van der Waals surface area (Å²) in [5.74, 6) is 4.23. The molecule has 1 aliphatic heterocycles. The predicted octanol–water partition coefficient (Wildman–Crippen LogP) is 4.62. The molecule has 0 bridgehead atoms. The Hall–Kier alpha value is -4.80. The third kappa shape index (κ3) is 7.35. The average molecular weight is 594 g/mol. The van der Waals surface area contributed by atoms with E-state index in [1.165, 1.54) is 0 Å².